The van der Waals surface area contributed by atoms with Gasteiger partial charge < -0.3 is 9.47 Å². The van der Waals surface area contributed by atoms with Crippen molar-refractivity contribution in [2.75, 3.05) is 6.79 Å². The van der Waals surface area contributed by atoms with Gasteiger partial charge in [0.05, 0.1) is 17.6 Å². The molecule has 5 rings (SSSR count). The first kappa shape index (κ1) is 18.6. The van der Waals surface area contributed by atoms with Crippen LogP contribution in [-0.4, -0.2) is 15.9 Å². The molecule has 6 nitrogen and oxygen atoms in total. The van der Waals surface area contributed by atoms with Gasteiger partial charge in [0.1, 0.15) is 10.6 Å². The van der Waals surface area contributed by atoms with Gasteiger partial charge in [0.15, 0.2) is 11.5 Å². The third kappa shape index (κ3) is 2.75. The highest BCUT2D eigenvalue weighted by atomic mass is 32.1. The van der Waals surface area contributed by atoms with E-state index in [0.717, 1.165) is 15.0 Å². The van der Waals surface area contributed by atoms with Crippen LogP contribution in [0.3, 0.4) is 0 Å². The Labute approximate surface area is 174 Å². The van der Waals surface area contributed by atoms with Gasteiger partial charge in [-0.15, -0.1) is 11.3 Å². The largest absolute Gasteiger partial charge is 0.454 e. The van der Waals surface area contributed by atoms with Crippen molar-refractivity contribution in [3.8, 4) is 17.2 Å². The zero-order chi connectivity index (χ0) is 21.0. The minimum Gasteiger partial charge on any atom is -0.454 e. The van der Waals surface area contributed by atoms with Gasteiger partial charge in [0.25, 0.3) is 5.56 Å². The minimum atomic E-state index is -0.532. The fourth-order valence-corrected chi connectivity index (χ4v) is 4.79. The molecular weight excluding hydrogens is 407 g/mol. The number of aromatic nitrogens is 2. The Bertz CT molecular complexity index is 1430. The molecule has 0 N–H and O–H groups in total. The average molecular weight is 424 g/mol. The Balaban J connectivity index is 1.82. The van der Waals surface area contributed by atoms with Crippen molar-refractivity contribution in [1.82, 2.24) is 9.13 Å². The molecule has 152 valence electrons. The maximum absolute atomic E-state index is 14.3. The lowest BCUT2D eigenvalue weighted by Crippen LogP contribution is -2.39. The van der Waals surface area contributed by atoms with Crippen molar-refractivity contribution in [2.24, 2.45) is 0 Å². The maximum Gasteiger partial charge on any atom is 0.337 e. The first-order chi connectivity index (χ1) is 14.5. The van der Waals surface area contributed by atoms with Gasteiger partial charge in [0, 0.05) is 16.5 Å². The molecular formula is C22H17FN2O4S. The lowest BCUT2D eigenvalue weighted by atomic mass is 10.2. The highest BCUT2D eigenvalue weighted by Crippen LogP contribution is 2.33. The molecule has 0 bridgehead atoms. The number of fused-ring (bicyclic) bond motifs is 2. The third-order valence-electron chi connectivity index (χ3n) is 5.35. The third-order valence-corrected chi connectivity index (χ3v) is 6.58. The van der Waals surface area contributed by atoms with Crippen LogP contribution >= 0.6 is 11.3 Å². The summed E-state index contributed by atoms with van der Waals surface area (Å²) in [4.78, 5) is 28.3. The van der Waals surface area contributed by atoms with Gasteiger partial charge in [0.2, 0.25) is 6.79 Å². The van der Waals surface area contributed by atoms with Gasteiger partial charge in [-0.1, -0.05) is 18.2 Å². The summed E-state index contributed by atoms with van der Waals surface area (Å²) in [6.07, 6.45) is 0. The normalized spacial score (nSPS) is 12.6. The number of halogens is 1. The second-order valence-electron chi connectivity index (χ2n) is 7.10. The number of rotatable bonds is 3. The molecule has 0 spiro atoms. The minimum absolute atomic E-state index is 0.0201. The van der Waals surface area contributed by atoms with Crippen molar-refractivity contribution < 1.29 is 13.9 Å². The van der Waals surface area contributed by atoms with Crippen LogP contribution in [0.15, 0.2) is 52.1 Å². The number of nitrogens with zero attached hydrogens (tertiary/aromatic N) is 2. The summed E-state index contributed by atoms with van der Waals surface area (Å²) in [5, 5.41) is 0.464. The van der Waals surface area contributed by atoms with E-state index in [2.05, 4.69) is 0 Å². The Hall–Kier alpha value is -3.39. The van der Waals surface area contributed by atoms with Crippen LogP contribution in [0, 0.1) is 19.7 Å². The highest BCUT2D eigenvalue weighted by molar-refractivity contribution is 7.18. The molecule has 2 aromatic carbocycles. The van der Waals surface area contributed by atoms with Crippen LogP contribution in [0.5, 0.6) is 11.5 Å². The SMILES string of the molecule is Cc1sc2c(c1C)c(=O)n(-c1ccc3c(c1)OCO3)c(=O)n2Cc1ccccc1F. The number of hydrogen-bond donors (Lipinski definition) is 0. The summed E-state index contributed by atoms with van der Waals surface area (Å²) in [6.45, 7) is 3.87. The summed E-state index contributed by atoms with van der Waals surface area (Å²) >= 11 is 1.37. The van der Waals surface area contributed by atoms with Crippen LogP contribution in [0.4, 0.5) is 4.39 Å². The molecule has 0 atom stereocenters. The molecule has 2 aromatic heterocycles. The first-order valence-electron chi connectivity index (χ1n) is 9.34. The van der Waals surface area contributed by atoms with Crippen molar-refractivity contribution in [3.05, 3.63) is 85.1 Å². The Kier molecular flexibility index (Phi) is 4.25. The number of thiophene rings is 1. The quantitative estimate of drug-likeness (QED) is 0.503. The van der Waals surface area contributed by atoms with E-state index >= 15 is 0 Å². The summed E-state index contributed by atoms with van der Waals surface area (Å²) in [6, 6.07) is 11.2. The highest BCUT2D eigenvalue weighted by Gasteiger charge is 2.22. The van der Waals surface area contributed by atoms with Crippen molar-refractivity contribution in [3.63, 3.8) is 0 Å². The lowest BCUT2D eigenvalue weighted by Gasteiger charge is -2.13. The topological polar surface area (TPSA) is 62.5 Å². The molecule has 3 heterocycles. The van der Waals surface area contributed by atoms with Crippen molar-refractivity contribution in [1.29, 1.82) is 0 Å². The van der Waals surface area contributed by atoms with Crippen LogP contribution in [0.1, 0.15) is 16.0 Å². The smallest absolute Gasteiger partial charge is 0.337 e. The molecule has 30 heavy (non-hydrogen) atoms. The molecule has 1 aliphatic rings. The molecule has 8 heteroatoms. The summed E-state index contributed by atoms with van der Waals surface area (Å²) in [5.74, 6) is 0.628. The van der Waals surface area contributed by atoms with Gasteiger partial charge in [-0.3, -0.25) is 9.36 Å². The van der Waals surface area contributed by atoms with Gasteiger partial charge in [-0.25, -0.2) is 13.8 Å². The van der Waals surface area contributed by atoms with Crippen molar-refractivity contribution >= 4 is 21.6 Å². The van der Waals surface area contributed by atoms with Crippen LogP contribution in [0.25, 0.3) is 15.9 Å². The molecule has 1 aliphatic heterocycles. The Morgan fingerprint density at radius 3 is 2.63 bits per heavy atom. The zero-order valence-corrected chi connectivity index (χ0v) is 17.1. The molecule has 0 unspecified atom stereocenters. The van der Waals surface area contributed by atoms with Gasteiger partial charge in [-0.2, -0.15) is 0 Å². The molecule has 0 radical (unpaired) electrons. The number of ether oxygens (including phenoxy) is 2. The van der Waals surface area contributed by atoms with Crippen LogP contribution in [0.2, 0.25) is 0 Å². The van der Waals surface area contributed by atoms with Gasteiger partial charge >= 0.3 is 5.69 Å². The van der Waals surface area contributed by atoms with E-state index in [1.807, 2.05) is 13.8 Å². The lowest BCUT2D eigenvalue weighted by molar-refractivity contribution is 0.174. The molecule has 0 amide bonds. The molecule has 0 fully saturated rings. The van der Waals surface area contributed by atoms with Crippen molar-refractivity contribution in [2.45, 2.75) is 20.4 Å². The summed E-state index contributed by atoms with van der Waals surface area (Å²) in [7, 11) is 0. The van der Waals surface area contributed by atoms with E-state index in [0.29, 0.717) is 33.0 Å². The van der Waals surface area contributed by atoms with E-state index in [1.165, 1.54) is 22.0 Å². The van der Waals surface area contributed by atoms with E-state index in [4.69, 9.17) is 9.47 Å². The molecule has 0 saturated heterocycles. The van der Waals surface area contributed by atoms with E-state index < -0.39 is 17.1 Å². The first-order valence-corrected chi connectivity index (χ1v) is 10.2. The van der Waals surface area contributed by atoms with E-state index in [-0.39, 0.29) is 13.3 Å². The predicted molar refractivity (Wildman–Crippen MR) is 113 cm³/mol. The second-order valence-corrected chi connectivity index (χ2v) is 8.30. The molecule has 0 saturated carbocycles. The fourth-order valence-electron chi connectivity index (χ4n) is 3.65. The molecule has 4 aromatic rings. The summed E-state index contributed by atoms with van der Waals surface area (Å²) < 4.78 is 27.6. The monoisotopic (exact) mass is 424 g/mol. The Morgan fingerprint density at radius 2 is 1.83 bits per heavy atom. The predicted octanol–water partition coefficient (Wildman–Crippen LogP) is 3.75. The van der Waals surface area contributed by atoms with E-state index in [1.54, 1.807) is 36.4 Å². The average Bonchev–Trinajstić information content (AvgIpc) is 3.31. The maximum atomic E-state index is 14.3. The number of aryl methyl sites for hydroxylation is 2. The Morgan fingerprint density at radius 1 is 1.07 bits per heavy atom. The number of hydrogen-bond acceptors (Lipinski definition) is 5. The second kappa shape index (κ2) is 6.84. The van der Waals surface area contributed by atoms with Gasteiger partial charge in [-0.05, 0) is 37.6 Å². The summed E-state index contributed by atoms with van der Waals surface area (Å²) in [5.41, 5.74) is 0.635. The zero-order valence-electron chi connectivity index (χ0n) is 16.3. The van der Waals surface area contributed by atoms with E-state index in [9.17, 15) is 14.0 Å². The van der Waals surface area contributed by atoms with Crippen LogP contribution in [-0.2, 0) is 6.54 Å². The van der Waals surface area contributed by atoms with Crippen LogP contribution < -0.4 is 20.7 Å². The molecule has 0 aliphatic carbocycles. The standard InChI is InChI=1S/C22H17FN2O4S/c1-12-13(2)30-21-19(12)20(26)25(15-7-8-17-18(9-15)29-11-28-17)22(27)24(21)10-14-5-3-4-6-16(14)23/h3-9H,10-11H2,1-2H3. The fraction of sp³-hybridized carbons (Fsp3) is 0.182. The number of benzene rings is 2.